The van der Waals surface area contributed by atoms with Crippen molar-refractivity contribution in [3.05, 3.63) is 16.1 Å². The lowest BCUT2D eigenvalue weighted by Gasteiger charge is -2.10. The molecule has 6 nitrogen and oxygen atoms in total. The Bertz CT molecular complexity index is 505. The number of carbonyl (C=O) groups is 2. The van der Waals surface area contributed by atoms with Crippen molar-refractivity contribution in [1.29, 1.82) is 0 Å². The number of aromatic nitrogens is 1. The SMILES string of the molecule is CCCOC(=O)CC(=O)c1cc(Br)c(O)nc1NCC. The van der Waals surface area contributed by atoms with Crippen molar-refractivity contribution < 1.29 is 19.4 Å². The third-order valence-electron chi connectivity index (χ3n) is 2.37. The first kappa shape index (κ1) is 16.4. The maximum Gasteiger partial charge on any atom is 0.313 e. The molecule has 0 aliphatic carbocycles. The van der Waals surface area contributed by atoms with Crippen molar-refractivity contribution in [2.75, 3.05) is 18.5 Å². The summed E-state index contributed by atoms with van der Waals surface area (Å²) in [5, 5.41) is 12.4. The Morgan fingerprint density at radius 1 is 1.45 bits per heavy atom. The van der Waals surface area contributed by atoms with Crippen molar-refractivity contribution in [3.63, 3.8) is 0 Å². The molecule has 0 atom stereocenters. The van der Waals surface area contributed by atoms with Gasteiger partial charge in [-0.15, -0.1) is 0 Å². The van der Waals surface area contributed by atoms with Gasteiger partial charge in [-0.2, -0.15) is 4.98 Å². The normalized spacial score (nSPS) is 10.2. The minimum atomic E-state index is -0.566. The Kier molecular flexibility index (Phi) is 6.44. The Hall–Kier alpha value is -1.63. The number of pyridine rings is 1. The molecule has 1 heterocycles. The van der Waals surface area contributed by atoms with Gasteiger partial charge in [0.05, 0.1) is 16.6 Å². The largest absolute Gasteiger partial charge is 0.492 e. The number of nitrogens with zero attached hydrogens (tertiary/aromatic N) is 1. The number of Topliss-reactive ketones (excluding diaryl/α,β-unsaturated/α-hetero) is 1. The molecule has 0 saturated carbocycles. The van der Waals surface area contributed by atoms with Crippen LogP contribution < -0.4 is 5.32 Å². The van der Waals surface area contributed by atoms with E-state index in [0.29, 0.717) is 24.0 Å². The molecule has 0 spiro atoms. The quantitative estimate of drug-likeness (QED) is 0.448. The van der Waals surface area contributed by atoms with Crippen LogP contribution in [0.25, 0.3) is 0 Å². The van der Waals surface area contributed by atoms with Crippen molar-refractivity contribution in [3.8, 4) is 5.88 Å². The number of halogens is 1. The highest BCUT2D eigenvalue weighted by Crippen LogP contribution is 2.27. The fourth-order valence-corrected chi connectivity index (χ4v) is 1.80. The smallest absolute Gasteiger partial charge is 0.313 e. The zero-order valence-electron chi connectivity index (χ0n) is 11.4. The average molecular weight is 345 g/mol. The Morgan fingerprint density at radius 3 is 2.75 bits per heavy atom. The predicted molar refractivity (Wildman–Crippen MR) is 78.0 cm³/mol. The van der Waals surface area contributed by atoms with E-state index in [2.05, 4.69) is 26.2 Å². The molecule has 7 heteroatoms. The minimum Gasteiger partial charge on any atom is -0.492 e. The van der Waals surface area contributed by atoms with E-state index in [9.17, 15) is 14.7 Å². The standard InChI is InChI=1S/C13H17BrN2O4/c1-3-5-20-11(18)7-10(17)8-6-9(14)13(19)16-12(8)15-4-2/h6H,3-5,7H2,1-2H3,(H2,15,16,19). The van der Waals surface area contributed by atoms with Gasteiger partial charge in [0.2, 0.25) is 5.88 Å². The van der Waals surface area contributed by atoms with Gasteiger partial charge in [0.15, 0.2) is 5.78 Å². The first-order chi connectivity index (χ1) is 9.49. The molecule has 1 aromatic rings. The summed E-state index contributed by atoms with van der Waals surface area (Å²) in [4.78, 5) is 27.4. The van der Waals surface area contributed by atoms with E-state index < -0.39 is 11.8 Å². The van der Waals surface area contributed by atoms with Crippen LogP contribution in [0.1, 0.15) is 37.0 Å². The molecular weight excluding hydrogens is 328 g/mol. The number of rotatable bonds is 7. The van der Waals surface area contributed by atoms with Crippen LogP contribution in [0.15, 0.2) is 10.5 Å². The van der Waals surface area contributed by atoms with E-state index in [1.807, 2.05) is 13.8 Å². The molecular formula is C13H17BrN2O4. The fraction of sp³-hybridized carbons (Fsp3) is 0.462. The van der Waals surface area contributed by atoms with Crippen LogP contribution in [0, 0.1) is 0 Å². The van der Waals surface area contributed by atoms with E-state index >= 15 is 0 Å². The molecule has 1 aromatic heterocycles. The summed E-state index contributed by atoms with van der Waals surface area (Å²) < 4.78 is 5.17. The van der Waals surface area contributed by atoms with Gasteiger partial charge in [-0.05, 0) is 35.3 Å². The maximum absolute atomic E-state index is 12.1. The second-order valence-corrected chi connectivity index (χ2v) is 4.90. The molecule has 0 aliphatic rings. The second-order valence-electron chi connectivity index (χ2n) is 4.04. The number of carbonyl (C=O) groups excluding carboxylic acids is 2. The topological polar surface area (TPSA) is 88.5 Å². The lowest BCUT2D eigenvalue weighted by molar-refractivity contribution is -0.142. The second kappa shape index (κ2) is 7.84. The predicted octanol–water partition coefficient (Wildman–Crippen LogP) is 2.51. The zero-order chi connectivity index (χ0) is 15.1. The van der Waals surface area contributed by atoms with Gasteiger partial charge in [-0.1, -0.05) is 6.92 Å². The highest BCUT2D eigenvalue weighted by atomic mass is 79.9. The van der Waals surface area contributed by atoms with Crippen LogP contribution in [-0.2, 0) is 9.53 Å². The summed E-state index contributed by atoms with van der Waals surface area (Å²) in [6, 6.07) is 1.44. The van der Waals surface area contributed by atoms with Gasteiger partial charge >= 0.3 is 5.97 Å². The lowest BCUT2D eigenvalue weighted by atomic mass is 10.1. The summed E-state index contributed by atoms with van der Waals surface area (Å²) in [5.41, 5.74) is 0.241. The minimum absolute atomic E-state index is 0.217. The molecule has 2 N–H and O–H groups in total. The van der Waals surface area contributed by atoms with Gasteiger partial charge in [0, 0.05) is 6.54 Å². The van der Waals surface area contributed by atoms with Crippen molar-refractivity contribution in [2.45, 2.75) is 26.7 Å². The summed E-state index contributed by atoms with van der Waals surface area (Å²) in [6.07, 6.45) is 0.353. The third kappa shape index (κ3) is 4.48. The molecule has 0 aromatic carbocycles. The highest BCUT2D eigenvalue weighted by molar-refractivity contribution is 9.10. The summed E-state index contributed by atoms with van der Waals surface area (Å²) in [7, 11) is 0. The summed E-state index contributed by atoms with van der Waals surface area (Å²) in [6.45, 7) is 4.54. The van der Waals surface area contributed by atoms with Gasteiger partial charge < -0.3 is 15.2 Å². The molecule has 110 valence electrons. The molecule has 0 bridgehead atoms. The van der Waals surface area contributed by atoms with E-state index in [1.165, 1.54) is 6.07 Å². The fourth-order valence-electron chi connectivity index (χ4n) is 1.49. The number of hydrogen-bond acceptors (Lipinski definition) is 6. The van der Waals surface area contributed by atoms with Crippen LogP contribution in [0.4, 0.5) is 5.82 Å². The molecule has 0 aliphatic heterocycles. The highest BCUT2D eigenvalue weighted by Gasteiger charge is 2.19. The lowest BCUT2D eigenvalue weighted by Crippen LogP contribution is -2.14. The van der Waals surface area contributed by atoms with Crippen LogP contribution in [0.3, 0.4) is 0 Å². The van der Waals surface area contributed by atoms with Crippen LogP contribution in [0.2, 0.25) is 0 Å². The van der Waals surface area contributed by atoms with E-state index in [0.717, 1.165) is 0 Å². The molecule has 0 fully saturated rings. The zero-order valence-corrected chi connectivity index (χ0v) is 13.0. The Labute approximate surface area is 125 Å². The monoisotopic (exact) mass is 344 g/mol. The molecule has 0 amide bonds. The number of esters is 1. The maximum atomic E-state index is 12.1. The number of anilines is 1. The van der Waals surface area contributed by atoms with Crippen LogP contribution in [-0.4, -0.2) is 35.0 Å². The summed E-state index contributed by atoms with van der Waals surface area (Å²) >= 11 is 3.10. The van der Waals surface area contributed by atoms with Crippen LogP contribution in [0.5, 0.6) is 5.88 Å². The van der Waals surface area contributed by atoms with Crippen molar-refractivity contribution >= 4 is 33.5 Å². The van der Waals surface area contributed by atoms with Gasteiger partial charge in [-0.3, -0.25) is 9.59 Å². The average Bonchev–Trinajstić information content (AvgIpc) is 2.40. The van der Waals surface area contributed by atoms with E-state index in [1.54, 1.807) is 0 Å². The Morgan fingerprint density at radius 2 is 2.15 bits per heavy atom. The van der Waals surface area contributed by atoms with Crippen molar-refractivity contribution in [2.24, 2.45) is 0 Å². The molecule has 20 heavy (non-hydrogen) atoms. The first-order valence-electron chi connectivity index (χ1n) is 6.31. The number of aromatic hydroxyl groups is 1. The number of ether oxygens (including phenoxy) is 1. The van der Waals surface area contributed by atoms with Crippen LogP contribution >= 0.6 is 15.9 Å². The van der Waals surface area contributed by atoms with Gasteiger partial charge in [0.1, 0.15) is 12.2 Å². The number of ketones is 1. The van der Waals surface area contributed by atoms with E-state index in [4.69, 9.17) is 4.74 Å². The number of hydrogen-bond donors (Lipinski definition) is 2. The Balaban J connectivity index is 2.90. The molecule has 1 rings (SSSR count). The summed E-state index contributed by atoms with van der Waals surface area (Å²) in [5.74, 6) is -0.939. The third-order valence-corrected chi connectivity index (χ3v) is 2.96. The van der Waals surface area contributed by atoms with E-state index in [-0.39, 0.29) is 23.7 Å². The first-order valence-corrected chi connectivity index (χ1v) is 7.11. The van der Waals surface area contributed by atoms with Crippen molar-refractivity contribution in [1.82, 2.24) is 4.98 Å². The molecule has 0 unspecified atom stereocenters. The molecule has 0 saturated heterocycles. The van der Waals surface area contributed by atoms with Gasteiger partial charge in [0.25, 0.3) is 0 Å². The van der Waals surface area contributed by atoms with Gasteiger partial charge in [-0.25, -0.2) is 0 Å². The molecule has 0 radical (unpaired) electrons. The number of nitrogens with one attached hydrogen (secondary N) is 1.